The van der Waals surface area contributed by atoms with Crippen molar-refractivity contribution in [2.45, 2.75) is 360 Å². The molecule has 0 aromatic rings. The van der Waals surface area contributed by atoms with E-state index in [1.165, 1.54) is 109 Å². The van der Waals surface area contributed by atoms with Crippen LogP contribution in [0.5, 0.6) is 0 Å². The molecule has 0 amide bonds. The monoisotopic (exact) mass is 1620 g/mol. The number of phosphoric acid groups is 2. The first kappa shape index (κ1) is 108. The summed E-state index contributed by atoms with van der Waals surface area (Å²) in [6, 6.07) is 0. The number of unbranched alkanes of at least 4 members (excludes halogenated alkanes) is 29. The quantitative estimate of drug-likeness (QED) is 0.0146. The number of hydrogen-bond acceptors (Lipinski definition) is 14. The zero-order chi connectivity index (χ0) is 82.2. The van der Waals surface area contributed by atoms with Gasteiger partial charge in [0.25, 0.3) is 0 Å². The molecule has 0 aliphatic heterocycles. The highest BCUT2D eigenvalue weighted by atomic mass is 31.2. The molecule has 0 heterocycles. The second kappa shape index (κ2) is 86.0. The number of phosphoric ester groups is 2. The molecule has 113 heavy (non-hydrogen) atoms. The van der Waals surface area contributed by atoms with Gasteiger partial charge in [0.1, 0.15) is 25.4 Å². The smallest absolute Gasteiger partial charge is 0.463 e. The van der Waals surface area contributed by atoms with Gasteiger partial charge in [-0.1, -0.05) is 344 Å². The maximum atomic E-state index is 13.0. The Hall–Kier alpha value is -5.35. The minimum atomic E-state index is -4.95. The zero-order valence-electron chi connectivity index (χ0n) is 70.7. The fraction of sp³-hybridized carbons (Fsp3) is 0.653. The van der Waals surface area contributed by atoms with Gasteiger partial charge in [0.15, 0.2) is 6.10 Å². The van der Waals surface area contributed by atoms with Gasteiger partial charge >= 0.3 is 33.6 Å². The number of allylic oxidation sites excluding steroid dienone is 30. The van der Waals surface area contributed by atoms with E-state index < -0.39 is 91.5 Å². The van der Waals surface area contributed by atoms with Crippen molar-refractivity contribution in [2.24, 2.45) is 0 Å². The summed E-state index contributed by atoms with van der Waals surface area (Å²) in [6.45, 7) is 2.39. The standard InChI is InChI=1S/C95H158O16P2/c1-4-7-10-13-16-19-22-25-28-31-34-36-38-39-40-41-42-43-44-45-46-47-48-49-51-53-55-57-60-63-66-69-72-75-78-81-93(98)105-84-90(96)85-107-112(101,102)108-86-91(97)87-109-113(103,104)110-89-92(111-95(100)83-80-77-74-71-68-65-62-59-54-33-30-27-24-21-18-15-12-9-6-3)88-106-94(99)82-79-76-73-70-67-64-61-58-56-52-50-37-35-32-29-26-23-20-17-14-11-8-5-2/h7,9-10,12,16-21,25-30,34-37,39-40,42-43,52,54,56,59,65,68,90-92,96-97H,4-6,8,11,13-15,22-24,31-33,38,41,44-51,53,55,57-58,60-64,66-67,69-89H2,1-3H3,(H,101,102)(H,103,104)/b10-7-,12-9-,19-16-,20-17-,21-18-,28-25-,29-26-,30-27-,36-34-,37-35-,40-39-,43-42-,56-52-,59-54-,68-65-. The molecule has 18 heteroatoms. The van der Waals surface area contributed by atoms with Gasteiger partial charge in [-0.2, -0.15) is 0 Å². The summed E-state index contributed by atoms with van der Waals surface area (Å²) < 4.78 is 61.3. The molecule has 5 atom stereocenters. The minimum absolute atomic E-state index is 0.0574. The Morgan fingerprint density at radius 1 is 0.257 bits per heavy atom. The Kier molecular flexibility index (Phi) is 81.9. The normalized spacial score (nSPS) is 14.7. The topological polar surface area (TPSA) is 231 Å². The molecule has 0 saturated carbocycles. The summed E-state index contributed by atoms with van der Waals surface area (Å²) in [5.74, 6) is -1.63. The second-order valence-corrected chi connectivity index (χ2v) is 31.8. The van der Waals surface area contributed by atoms with Gasteiger partial charge in [-0.3, -0.25) is 32.5 Å². The predicted molar refractivity (Wildman–Crippen MR) is 472 cm³/mol. The summed E-state index contributed by atoms with van der Waals surface area (Å²) in [6.07, 6.45) is 112. The van der Waals surface area contributed by atoms with Crippen LogP contribution in [0.1, 0.15) is 342 Å². The van der Waals surface area contributed by atoms with E-state index in [1.54, 1.807) is 0 Å². The van der Waals surface area contributed by atoms with E-state index in [4.69, 9.17) is 32.3 Å². The van der Waals surface area contributed by atoms with Gasteiger partial charge in [0.05, 0.1) is 26.4 Å². The van der Waals surface area contributed by atoms with E-state index in [0.29, 0.717) is 19.3 Å². The lowest BCUT2D eigenvalue weighted by Crippen LogP contribution is -2.30. The highest BCUT2D eigenvalue weighted by Crippen LogP contribution is 2.45. The molecule has 0 fully saturated rings. The first-order chi connectivity index (χ1) is 55.2. The Labute approximate surface area is 687 Å². The van der Waals surface area contributed by atoms with Crippen LogP contribution in [-0.4, -0.2) is 95.9 Å². The number of ether oxygens (including phenoxy) is 3. The van der Waals surface area contributed by atoms with E-state index in [9.17, 15) is 43.5 Å². The molecule has 0 saturated heterocycles. The molecule has 0 aliphatic rings. The molecule has 644 valence electrons. The van der Waals surface area contributed by atoms with Crippen LogP contribution in [-0.2, 0) is 55.8 Å². The number of aliphatic hydroxyl groups excluding tert-OH is 2. The molecule has 0 radical (unpaired) electrons. The molecular formula is C95H158O16P2. The molecule has 0 spiro atoms. The van der Waals surface area contributed by atoms with Crippen LogP contribution in [0.4, 0.5) is 0 Å². The molecule has 4 N–H and O–H groups in total. The van der Waals surface area contributed by atoms with Crippen molar-refractivity contribution < 1.29 is 75.8 Å². The van der Waals surface area contributed by atoms with Gasteiger partial charge in [0.2, 0.25) is 0 Å². The summed E-state index contributed by atoms with van der Waals surface area (Å²) >= 11 is 0. The summed E-state index contributed by atoms with van der Waals surface area (Å²) in [5, 5.41) is 20.7. The minimum Gasteiger partial charge on any atom is -0.463 e. The largest absolute Gasteiger partial charge is 0.472 e. The highest BCUT2D eigenvalue weighted by molar-refractivity contribution is 7.47. The molecule has 5 unspecified atom stereocenters. The van der Waals surface area contributed by atoms with Crippen LogP contribution in [0.25, 0.3) is 0 Å². The second-order valence-electron chi connectivity index (χ2n) is 28.9. The van der Waals surface area contributed by atoms with E-state index in [0.717, 1.165) is 173 Å². The van der Waals surface area contributed by atoms with E-state index in [-0.39, 0.29) is 19.3 Å². The SMILES string of the molecule is CC/C=C\C/C=C\C/C=C\C/C=C\C/C=C\C/C=C\CCCCCCCCCCCCCCCCCCC(=O)OCC(O)COP(=O)(O)OCC(O)COP(=O)(O)OCC(COC(=O)CCCCCCCCC/C=C\C/C=C\C/C=C\C/C=C\CCCCC)OC(=O)CCCCC/C=C\C/C=C\C/C=C\C/C=C\C/C=C\CC. The van der Waals surface area contributed by atoms with Crippen molar-refractivity contribution in [2.75, 3.05) is 39.6 Å². The fourth-order valence-corrected chi connectivity index (χ4v) is 13.1. The third-order valence-corrected chi connectivity index (χ3v) is 20.0. The third kappa shape index (κ3) is 87.3. The Morgan fingerprint density at radius 2 is 0.469 bits per heavy atom. The predicted octanol–water partition coefficient (Wildman–Crippen LogP) is 26.9. The fourth-order valence-electron chi connectivity index (χ4n) is 11.5. The lowest BCUT2D eigenvalue weighted by molar-refractivity contribution is -0.161. The van der Waals surface area contributed by atoms with Crippen LogP contribution < -0.4 is 0 Å². The van der Waals surface area contributed by atoms with Crippen LogP contribution in [0.2, 0.25) is 0 Å². The van der Waals surface area contributed by atoms with E-state index in [2.05, 4.69) is 203 Å². The van der Waals surface area contributed by atoms with Crippen LogP contribution in [0, 0.1) is 0 Å². The van der Waals surface area contributed by atoms with Crippen molar-refractivity contribution in [3.63, 3.8) is 0 Å². The van der Waals surface area contributed by atoms with E-state index >= 15 is 0 Å². The zero-order valence-corrected chi connectivity index (χ0v) is 72.5. The highest BCUT2D eigenvalue weighted by Gasteiger charge is 2.29. The first-order valence-electron chi connectivity index (χ1n) is 44.1. The summed E-state index contributed by atoms with van der Waals surface area (Å²) in [7, 11) is -9.82. The maximum Gasteiger partial charge on any atom is 0.472 e. The summed E-state index contributed by atoms with van der Waals surface area (Å²) in [4.78, 5) is 58.9. The van der Waals surface area contributed by atoms with Gasteiger partial charge in [-0.25, -0.2) is 9.13 Å². The van der Waals surface area contributed by atoms with Crippen LogP contribution in [0.15, 0.2) is 182 Å². The Morgan fingerprint density at radius 3 is 0.752 bits per heavy atom. The molecule has 0 aliphatic carbocycles. The average Bonchev–Trinajstić information content (AvgIpc) is 0.899. The molecule has 0 aromatic heterocycles. The van der Waals surface area contributed by atoms with Crippen molar-refractivity contribution >= 4 is 33.6 Å². The first-order valence-corrected chi connectivity index (χ1v) is 47.1. The number of aliphatic hydroxyl groups is 2. The molecule has 0 rings (SSSR count). The molecular weight excluding hydrogens is 1460 g/mol. The molecule has 0 aromatic carbocycles. The van der Waals surface area contributed by atoms with Crippen molar-refractivity contribution in [3.8, 4) is 0 Å². The van der Waals surface area contributed by atoms with Crippen LogP contribution in [0.3, 0.4) is 0 Å². The molecule has 0 bridgehead atoms. The van der Waals surface area contributed by atoms with Crippen molar-refractivity contribution in [3.05, 3.63) is 182 Å². The van der Waals surface area contributed by atoms with Gasteiger partial charge in [0, 0.05) is 19.3 Å². The lowest BCUT2D eigenvalue weighted by atomic mass is 10.0. The van der Waals surface area contributed by atoms with Gasteiger partial charge < -0.3 is 34.2 Å². The Balaban J connectivity index is 4.54. The van der Waals surface area contributed by atoms with Crippen molar-refractivity contribution in [1.29, 1.82) is 0 Å². The van der Waals surface area contributed by atoms with Gasteiger partial charge in [-0.15, -0.1) is 0 Å². The number of hydrogen-bond donors (Lipinski definition) is 4. The van der Waals surface area contributed by atoms with Crippen LogP contribution >= 0.6 is 15.6 Å². The number of carbonyl (C=O) groups is 3. The number of carbonyl (C=O) groups excluding carboxylic acids is 3. The summed E-state index contributed by atoms with van der Waals surface area (Å²) in [5.41, 5.74) is 0. The lowest BCUT2D eigenvalue weighted by Gasteiger charge is -2.21. The number of esters is 3. The average molecular weight is 1620 g/mol. The maximum absolute atomic E-state index is 13.0. The van der Waals surface area contributed by atoms with Crippen molar-refractivity contribution in [1.82, 2.24) is 0 Å². The Bertz CT molecular complexity index is 2780. The third-order valence-electron chi connectivity index (χ3n) is 18.1. The van der Waals surface area contributed by atoms with E-state index in [1.807, 2.05) is 0 Å². The van der Waals surface area contributed by atoms with Gasteiger partial charge in [-0.05, 0) is 161 Å². The molecule has 16 nitrogen and oxygen atoms in total. The number of rotatable bonds is 82.